The Balaban J connectivity index is -0.0000000774. The minimum atomic E-state index is -1.37. The first-order valence-corrected chi connectivity index (χ1v) is 17.8. The average molecular weight is 1280 g/mol. The monoisotopic (exact) mass is 1280 g/mol. The number of pyridine rings is 2. The molecule has 10 nitrogen and oxygen atoms in total. The lowest BCUT2D eigenvalue weighted by Crippen LogP contribution is -2.29. The van der Waals surface area contributed by atoms with E-state index < -0.39 is 58.6 Å². The van der Waals surface area contributed by atoms with E-state index in [4.69, 9.17) is 157 Å². The summed E-state index contributed by atoms with van der Waals surface area (Å²) in [4.78, 5) is 49.6. The molecule has 0 unspecified atom stereocenters. The Morgan fingerprint density at radius 1 is 0.512 bits per heavy atom. The molecule has 0 spiro atoms. The van der Waals surface area contributed by atoms with Crippen molar-refractivity contribution in [3.05, 3.63) is 85.2 Å². The number of aryl methyl sites for hydroxylation is 2. The second kappa shape index (κ2) is 68.1. The van der Waals surface area contributed by atoms with Crippen LogP contribution in [-0.4, -0.2) is 62.8 Å². The number of carbonyl (C=O) groups is 2. The van der Waals surface area contributed by atoms with Crippen molar-refractivity contribution < 1.29 is 184 Å². The molecule has 2 aromatic heterocycles. The normalized spacial score (nSPS) is 15.7. The van der Waals surface area contributed by atoms with Gasteiger partial charge < -0.3 is 30.0 Å². The largest absolute Gasteiger partial charge is 0.477 e. The second-order valence-corrected chi connectivity index (χ2v) is 12.7. The SMILES string of the molecule is CC[C@H]1CN(c2ccc3c(=O)c(C(=O)O)cn([C@@H]4C[C@@H]4F)c3c2C)C[C@H]1N.Cc1c(F)ccc2c(=O)c(C(=O)O)cn([C@@H]3C[C@@H]3F)c12.F.FF.FF.FF.FF.FF.FF.FF.FF.FF.FF.FF.FF.FF.FF.FF.FF. The number of carboxylic acids is 2. The summed E-state index contributed by atoms with van der Waals surface area (Å²) in [5.41, 5.74) is 7.26. The van der Waals surface area contributed by atoms with Gasteiger partial charge >= 0.3 is 11.9 Å². The maximum atomic E-state index is 13.8. The van der Waals surface area contributed by atoms with Gasteiger partial charge in [-0.2, -0.15) is 0 Å². The summed E-state index contributed by atoms with van der Waals surface area (Å²) in [7, 11) is 0. The highest BCUT2D eigenvalue weighted by molar-refractivity contribution is 5.95. The number of rotatable bonds is 6. The van der Waals surface area contributed by atoms with Gasteiger partial charge in [-0.25, -0.2) is 22.8 Å². The second-order valence-electron chi connectivity index (χ2n) is 12.7. The predicted octanol–water partition coefficient (Wildman–Crippen LogP) is 18.5. The van der Waals surface area contributed by atoms with Crippen molar-refractivity contribution in [1.82, 2.24) is 9.13 Å². The minimum absolute atomic E-state index is 0. The molecule has 46 heteroatoms. The van der Waals surface area contributed by atoms with E-state index in [1.165, 1.54) is 23.8 Å². The molecule has 1 saturated heterocycles. The van der Waals surface area contributed by atoms with Crippen LogP contribution in [0.15, 0.2) is 46.2 Å². The highest BCUT2D eigenvalue weighted by Gasteiger charge is 2.41. The molecule has 3 heterocycles. The zero-order valence-electron chi connectivity index (χ0n) is 38.5. The van der Waals surface area contributed by atoms with E-state index in [9.17, 15) is 37.5 Å². The van der Waals surface area contributed by atoms with E-state index in [1.54, 1.807) is 10.6 Å². The first-order chi connectivity index (χ1) is 38.2. The molecule has 0 amide bonds. The fourth-order valence-electron chi connectivity index (χ4n) is 6.79. The van der Waals surface area contributed by atoms with Crippen LogP contribution < -0.4 is 21.5 Å². The summed E-state index contributed by atoms with van der Waals surface area (Å²) in [5, 5.41) is 18.9. The molecule has 7 rings (SSSR count). The molecule has 3 aliphatic rings. The summed E-state index contributed by atoms with van der Waals surface area (Å²) in [6.45, 7) is 7.10. The standard InChI is InChI=1S/C20H24FN3O3.C14H11F2NO3.16F2.FH/c1-3-11-7-23(9-15(11)22)16-5-4-12-18(10(16)2)24(17-6-14(17)21)8-13(19(12)25)20(26)27;1-6-9(15)3-2-7-12(6)17(11-4-10(11)16)5-8(13(7)18)14(19)20;16*1-2;/h4-5,8,11,14-15,17H,3,6-7,9,22H2,1-2H3,(H,26,27);2-3,5,10-11H,4H2,1H3,(H,19,20);;;;;;;;;;;;;;;;;1H/t11-,14-,15+,17+;10-,11+;;;;;;;;;;;;;;;;;/m00................./s1. The highest BCUT2D eigenvalue weighted by Crippen LogP contribution is 2.43. The van der Waals surface area contributed by atoms with Gasteiger partial charge in [-0.1, -0.05) is 13.3 Å². The lowest BCUT2D eigenvalue weighted by molar-refractivity contribution is 0.0684. The maximum absolute atomic E-state index is 13.8. The number of hydrogen-bond donors (Lipinski definition) is 3. The van der Waals surface area contributed by atoms with Crippen LogP contribution in [0.3, 0.4) is 0 Å². The van der Waals surface area contributed by atoms with Gasteiger partial charge in [-0.3, -0.25) is 14.3 Å². The van der Waals surface area contributed by atoms with Crippen LogP contribution in [0.2, 0.25) is 0 Å². The number of carboxylic acid groups (broad SMARTS) is 2. The third kappa shape index (κ3) is 31.6. The highest BCUT2D eigenvalue weighted by atomic mass is 20.0. The Hall–Kier alpha value is -6.96. The van der Waals surface area contributed by atoms with E-state index in [-0.39, 0.29) is 39.2 Å². The number of nitrogens with zero attached hydrogens (tertiary/aromatic N) is 3. The fraction of sp³-hybridized carbons (Fsp3) is 0.412. The van der Waals surface area contributed by atoms with Gasteiger partial charge in [0.15, 0.2) is 0 Å². The molecule has 6 atom stereocenters. The molecule has 0 radical (unpaired) electrons. The summed E-state index contributed by atoms with van der Waals surface area (Å²) in [6.07, 6.45) is 1.90. The Bertz CT molecular complexity index is 2140. The third-order valence-electron chi connectivity index (χ3n) is 9.69. The van der Waals surface area contributed by atoms with Crippen molar-refractivity contribution in [2.75, 3.05) is 18.0 Å². The molecule has 3 fully saturated rings. The molecule has 480 valence electrons. The minimum Gasteiger partial charge on any atom is -0.477 e. The van der Waals surface area contributed by atoms with Gasteiger partial charge in [0.25, 0.3) is 0 Å². The van der Waals surface area contributed by atoms with Gasteiger partial charge in [-0.15, -0.1) is 0 Å². The van der Waals surface area contributed by atoms with E-state index >= 15 is 0 Å². The fourth-order valence-corrected chi connectivity index (χ4v) is 6.79. The summed E-state index contributed by atoms with van der Waals surface area (Å²) >= 11 is 0. The number of nitrogens with two attached hydrogens (primary N) is 1. The molecule has 80 heavy (non-hydrogen) atoms. The van der Waals surface area contributed by atoms with Crippen LogP contribution >= 0.6 is 0 Å². The van der Waals surface area contributed by atoms with Gasteiger partial charge in [0.1, 0.15) is 29.3 Å². The van der Waals surface area contributed by atoms with E-state index in [0.29, 0.717) is 23.2 Å². The molecular formula is C34H36F36N4O6. The van der Waals surface area contributed by atoms with Crippen LogP contribution in [0.25, 0.3) is 21.8 Å². The lowest BCUT2D eigenvalue weighted by Gasteiger charge is -2.23. The number of aromatic nitrogens is 2. The van der Waals surface area contributed by atoms with E-state index in [1.807, 2.05) is 13.0 Å². The number of fused-ring (bicyclic) bond motifs is 2. The summed E-state index contributed by atoms with van der Waals surface area (Å²) in [5.74, 6) is -2.76. The Morgan fingerprint density at radius 3 is 1.04 bits per heavy atom. The van der Waals surface area contributed by atoms with Crippen LogP contribution in [0.1, 0.15) is 70.1 Å². The van der Waals surface area contributed by atoms with Crippen molar-refractivity contribution in [2.45, 2.75) is 70.5 Å². The zero-order chi connectivity index (χ0) is 66.1. The molecular weight excluding hydrogens is 1240 g/mol. The molecule has 1 aliphatic heterocycles. The first-order valence-electron chi connectivity index (χ1n) is 17.8. The number of aromatic carboxylic acids is 2. The zero-order valence-corrected chi connectivity index (χ0v) is 38.5. The molecule has 2 saturated carbocycles. The van der Waals surface area contributed by atoms with Crippen LogP contribution in [0.5, 0.6) is 0 Å². The summed E-state index contributed by atoms with van der Waals surface area (Å²) < 4.78 is 300. The number of anilines is 1. The average Bonchev–Trinajstić information content (AvgIpc) is 4.43. The van der Waals surface area contributed by atoms with Crippen molar-refractivity contribution in [1.29, 1.82) is 0 Å². The van der Waals surface area contributed by atoms with Crippen LogP contribution in [0.4, 0.5) is 170 Å². The Labute approximate surface area is 418 Å². The third-order valence-corrected chi connectivity index (χ3v) is 9.69. The van der Waals surface area contributed by atoms with Gasteiger partial charge in [0, 0.05) is 213 Å². The number of hydrogen-bond acceptors (Lipinski definition) is 6. The first kappa shape index (κ1) is 102. The van der Waals surface area contributed by atoms with Crippen molar-refractivity contribution in [2.24, 2.45) is 11.7 Å². The Kier molecular flexibility index (Phi) is 86.7. The van der Waals surface area contributed by atoms with E-state index in [0.717, 1.165) is 43.0 Å². The van der Waals surface area contributed by atoms with Gasteiger partial charge in [-0.05, 0) is 49.6 Å². The molecule has 4 N–H and O–H groups in total. The van der Waals surface area contributed by atoms with E-state index in [2.05, 4.69) is 11.8 Å². The quantitative estimate of drug-likeness (QED) is 0.162. The molecule has 4 aromatic rings. The topological polar surface area (TPSA) is 148 Å². The molecule has 2 aliphatic carbocycles. The Morgan fingerprint density at radius 2 is 0.787 bits per heavy atom. The number of alkyl halides is 2. The van der Waals surface area contributed by atoms with Crippen molar-refractivity contribution in [3.8, 4) is 0 Å². The predicted molar refractivity (Wildman–Crippen MR) is 209 cm³/mol. The molecule has 0 bridgehead atoms. The van der Waals surface area contributed by atoms with Crippen molar-refractivity contribution in [3.63, 3.8) is 0 Å². The number of benzene rings is 2. The summed E-state index contributed by atoms with van der Waals surface area (Å²) in [6, 6.07) is 5.05. The smallest absolute Gasteiger partial charge is 0.341 e. The van der Waals surface area contributed by atoms with Crippen LogP contribution in [-0.2, 0) is 0 Å². The van der Waals surface area contributed by atoms with Crippen LogP contribution in [0, 0.1) is 25.6 Å². The number of halogens is 36. The van der Waals surface area contributed by atoms with Crippen molar-refractivity contribution >= 4 is 39.4 Å². The maximum Gasteiger partial charge on any atom is 0.341 e. The molecule has 2 aromatic carbocycles. The van der Waals surface area contributed by atoms with Gasteiger partial charge in [0.05, 0.1) is 23.1 Å². The van der Waals surface area contributed by atoms with Gasteiger partial charge in [0.2, 0.25) is 10.9 Å². The lowest BCUT2D eigenvalue weighted by atomic mass is 10.0.